The first kappa shape index (κ1) is 25.8. The zero-order valence-electron chi connectivity index (χ0n) is 22.8. The molecule has 1 aromatic heterocycles. The van der Waals surface area contributed by atoms with Crippen molar-refractivity contribution in [2.75, 3.05) is 44.2 Å². The van der Waals surface area contributed by atoms with Crippen LogP contribution in [0.5, 0.6) is 0 Å². The Hall–Kier alpha value is -2.87. The van der Waals surface area contributed by atoms with E-state index in [2.05, 4.69) is 36.9 Å². The topological polar surface area (TPSA) is 81.9 Å². The number of hydrogen-bond donors (Lipinski definition) is 1. The van der Waals surface area contributed by atoms with Gasteiger partial charge in [0.2, 0.25) is 5.91 Å². The summed E-state index contributed by atoms with van der Waals surface area (Å²) in [7, 11) is 0. The molecular formula is C29H41N5O3. The highest BCUT2D eigenvalue weighted by atomic mass is 16.3. The summed E-state index contributed by atoms with van der Waals surface area (Å²) in [5.74, 6) is 0.247. The molecule has 0 saturated carbocycles. The third-order valence-corrected chi connectivity index (χ3v) is 8.82. The predicted octanol–water partition coefficient (Wildman–Crippen LogP) is 2.96. The minimum atomic E-state index is -0.720. The van der Waals surface area contributed by atoms with Gasteiger partial charge in [-0.25, -0.2) is 0 Å². The Bertz CT molecular complexity index is 1160. The lowest BCUT2D eigenvalue weighted by Gasteiger charge is -2.37. The average Bonchev–Trinajstić information content (AvgIpc) is 3.49. The van der Waals surface area contributed by atoms with Gasteiger partial charge in [-0.2, -0.15) is 5.10 Å². The van der Waals surface area contributed by atoms with Crippen LogP contribution in [-0.4, -0.2) is 81.4 Å². The summed E-state index contributed by atoms with van der Waals surface area (Å²) in [5.41, 5.74) is 5.74. The molecule has 37 heavy (non-hydrogen) atoms. The number of aromatic nitrogens is 2. The van der Waals surface area contributed by atoms with Gasteiger partial charge in [-0.05, 0) is 82.9 Å². The van der Waals surface area contributed by atoms with Crippen molar-refractivity contribution >= 4 is 17.5 Å². The lowest BCUT2D eigenvalue weighted by molar-refractivity contribution is -0.132. The number of anilines is 1. The van der Waals surface area contributed by atoms with Crippen LogP contribution in [0.4, 0.5) is 5.69 Å². The second-order valence-corrected chi connectivity index (χ2v) is 11.6. The van der Waals surface area contributed by atoms with Gasteiger partial charge in [0.1, 0.15) is 6.54 Å². The molecule has 0 bridgehead atoms. The number of hydrogen-bond acceptors (Lipinski definition) is 5. The van der Waals surface area contributed by atoms with Crippen molar-refractivity contribution in [1.82, 2.24) is 19.6 Å². The highest BCUT2D eigenvalue weighted by Crippen LogP contribution is 2.31. The van der Waals surface area contributed by atoms with Crippen LogP contribution in [0.3, 0.4) is 0 Å². The van der Waals surface area contributed by atoms with E-state index in [9.17, 15) is 14.7 Å². The van der Waals surface area contributed by atoms with Gasteiger partial charge in [-0.15, -0.1) is 0 Å². The maximum atomic E-state index is 13.4. The van der Waals surface area contributed by atoms with Crippen molar-refractivity contribution in [1.29, 1.82) is 0 Å². The number of fused-ring (bicyclic) bond motifs is 1. The standard InChI is InChI=1S/C29H41N5O3/c1-20-7-5-9-24(21(20)2)31-15-17-32(18-16-31)26(35)19-34-25-10-6-8-23(25)27(30-34)28(36)33-13-11-22(12-14-33)29(3,4)37/h5,7,9,22,37H,6,8,10-19H2,1-4H3. The molecule has 1 aromatic carbocycles. The van der Waals surface area contributed by atoms with Crippen LogP contribution in [0.1, 0.15) is 66.0 Å². The Morgan fingerprint density at radius 2 is 1.70 bits per heavy atom. The molecule has 0 spiro atoms. The first-order valence-electron chi connectivity index (χ1n) is 13.8. The number of piperazine rings is 1. The van der Waals surface area contributed by atoms with Crippen LogP contribution in [0.15, 0.2) is 18.2 Å². The SMILES string of the molecule is Cc1cccc(N2CCN(C(=O)Cn3nc(C(=O)N4CCC(C(C)(C)O)CC4)c4c3CCC4)CC2)c1C. The van der Waals surface area contributed by atoms with Gasteiger partial charge >= 0.3 is 0 Å². The van der Waals surface area contributed by atoms with Crippen LogP contribution >= 0.6 is 0 Å². The molecule has 200 valence electrons. The van der Waals surface area contributed by atoms with Crippen molar-refractivity contribution in [3.05, 3.63) is 46.3 Å². The molecule has 2 amide bonds. The Balaban J connectivity index is 1.23. The first-order valence-corrected chi connectivity index (χ1v) is 13.8. The molecule has 2 saturated heterocycles. The minimum absolute atomic E-state index is 0.0271. The number of aryl methyl sites for hydroxylation is 1. The Kier molecular flexibility index (Phi) is 7.05. The average molecular weight is 508 g/mol. The van der Waals surface area contributed by atoms with Gasteiger partial charge in [0, 0.05) is 56.2 Å². The molecule has 0 atom stereocenters. The lowest BCUT2D eigenvalue weighted by Crippen LogP contribution is -2.50. The van der Waals surface area contributed by atoms with Gasteiger partial charge in [-0.1, -0.05) is 12.1 Å². The highest BCUT2D eigenvalue weighted by Gasteiger charge is 2.35. The van der Waals surface area contributed by atoms with Crippen molar-refractivity contribution in [2.24, 2.45) is 5.92 Å². The molecule has 5 rings (SSSR count). The van der Waals surface area contributed by atoms with Crippen LogP contribution in [0.2, 0.25) is 0 Å². The zero-order chi connectivity index (χ0) is 26.3. The molecule has 2 fully saturated rings. The van der Waals surface area contributed by atoms with E-state index in [0.717, 1.165) is 56.5 Å². The van der Waals surface area contributed by atoms with E-state index in [0.29, 0.717) is 31.9 Å². The third-order valence-electron chi connectivity index (χ3n) is 8.82. The van der Waals surface area contributed by atoms with E-state index >= 15 is 0 Å². The van der Waals surface area contributed by atoms with E-state index in [4.69, 9.17) is 5.10 Å². The number of likely N-dealkylation sites (tertiary alicyclic amines) is 1. The number of aliphatic hydroxyl groups is 1. The molecule has 0 radical (unpaired) electrons. The summed E-state index contributed by atoms with van der Waals surface area (Å²) >= 11 is 0. The Morgan fingerprint density at radius 1 is 1.00 bits per heavy atom. The first-order chi connectivity index (χ1) is 17.6. The van der Waals surface area contributed by atoms with Crippen molar-refractivity contribution in [3.8, 4) is 0 Å². The van der Waals surface area contributed by atoms with Gasteiger partial charge in [-0.3, -0.25) is 14.3 Å². The largest absolute Gasteiger partial charge is 0.390 e. The normalized spacial score (nSPS) is 18.9. The maximum absolute atomic E-state index is 13.4. The number of nitrogens with zero attached hydrogens (tertiary/aromatic N) is 5. The van der Waals surface area contributed by atoms with E-state index in [1.54, 1.807) is 4.68 Å². The molecule has 1 N–H and O–H groups in total. The van der Waals surface area contributed by atoms with Crippen LogP contribution < -0.4 is 4.90 Å². The summed E-state index contributed by atoms with van der Waals surface area (Å²) in [4.78, 5) is 32.9. The van der Waals surface area contributed by atoms with Crippen molar-refractivity contribution in [2.45, 2.75) is 71.9 Å². The molecule has 2 aromatic rings. The third kappa shape index (κ3) is 5.13. The molecule has 3 heterocycles. The van der Waals surface area contributed by atoms with Gasteiger partial charge in [0.15, 0.2) is 5.69 Å². The van der Waals surface area contributed by atoms with Crippen molar-refractivity contribution in [3.63, 3.8) is 0 Å². The zero-order valence-corrected chi connectivity index (χ0v) is 22.8. The van der Waals surface area contributed by atoms with E-state index in [-0.39, 0.29) is 24.3 Å². The smallest absolute Gasteiger partial charge is 0.274 e. The van der Waals surface area contributed by atoms with Crippen molar-refractivity contribution < 1.29 is 14.7 Å². The maximum Gasteiger partial charge on any atom is 0.274 e. The summed E-state index contributed by atoms with van der Waals surface area (Å²) in [6.07, 6.45) is 4.30. The molecule has 3 aliphatic rings. The quantitative estimate of drug-likeness (QED) is 0.673. The number of carbonyl (C=O) groups excluding carboxylic acids is 2. The summed E-state index contributed by atoms with van der Waals surface area (Å²) < 4.78 is 1.80. The van der Waals surface area contributed by atoms with Crippen LogP contribution in [-0.2, 0) is 24.2 Å². The van der Waals surface area contributed by atoms with E-state index in [1.165, 1.54) is 16.8 Å². The Labute approximate surface area is 220 Å². The fraction of sp³-hybridized carbons (Fsp3) is 0.621. The molecule has 1 aliphatic carbocycles. The van der Waals surface area contributed by atoms with E-state index < -0.39 is 5.60 Å². The molecule has 8 nitrogen and oxygen atoms in total. The van der Waals surface area contributed by atoms with Gasteiger partial charge in [0.25, 0.3) is 5.91 Å². The summed E-state index contributed by atoms with van der Waals surface area (Å²) in [5, 5.41) is 15.1. The van der Waals surface area contributed by atoms with E-state index in [1.807, 2.05) is 23.6 Å². The lowest BCUT2D eigenvalue weighted by atomic mass is 9.83. The molecule has 0 unspecified atom stereocenters. The minimum Gasteiger partial charge on any atom is -0.390 e. The number of benzene rings is 1. The van der Waals surface area contributed by atoms with Gasteiger partial charge in [0.05, 0.1) is 5.60 Å². The number of rotatable bonds is 5. The second kappa shape index (κ2) is 10.1. The summed E-state index contributed by atoms with van der Waals surface area (Å²) in [6.45, 7) is 12.5. The molecule has 8 heteroatoms. The Morgan fingerprint density at radius 3 is 2.38 bits per heavy atom. The van der Waals surface area contributed by atoms with Crippen LogP contribution in [0.25, 0.3) is 0 Å². The summed E-state index contributed by atoms with van der Waals surface area (Å²) in [6, 6.07) is 6.40. The fourth-order valence-corrected chi connectivity index (χ4v) is 6.25. The molecule has 2 aliphatic heterocycles. The predicted molar refractivity (Wildman–Crippen MR) is 144 cm³/mol. The number of amides is 2. The van der Waals surface area contributed by atoms with Gasteiger partial charge < -0.3 is 19.8 Å². The second-order valence-electron chi connectivity index (χ2n) is 11.6. The molecular weight excluding hydrogens is 466 g/mol. The number of piperidine rings is 1. The van der Waals surface area contributed by atoms with Crippen LogP contribution in [0, 0.1) is 19.8 Å². The fourth-order valence-electron chi connectivity index (χ4n) is 6.25. The monoisotopic (exact) mass is 507 g/mol. The number of carbonyl (C=O) groups is 2. The highest BCUT2D eigenvalue weighted by molar-refractivity contribution is 5.94.